The zero-order valence-corrected chi connectivity index (χ0v) is 20.1. The SMILES string of the molecule is COC(=O)N1CC2C(C1)C2NSc1cc(-c2ncc(-c3ccc(Br)c(F)c3)[nH]2)ccc1Cl. The van der Waals surface area contributed by atoms with Gasteiger partial charge in [0.15, 0.2) is 0 Å². The van der Waals surface area contributed by atoms with E-state index in [0.717, 1.165) is 34.8 Å². The summed E-state index contributed by atoms with van der Waals surface area (Å²) in [6.45, 7) is 1.43. The molecule has 1 aromatic heterocycles. The van der Waals surface area contributed by atoms with Gasteiger partial charge in [-0.1, -0.05) is 17.7 Å². The van der Waals surface area contributed by atoms with Gasteiger partial charge in [-0.15, -0.1) is 0 Å². The number of carbonyl (C=O) groups excluding carboxylic acids is 1. The van der Waals surface area contributed by atoms with E-state index in [2.05, 4.69) is 30.6 Å². The average molecular weight is 538 g/mol. The molecule has 1 aliphatic heterocycles. The number of carbonyl (C=O) groups is 1. The van der Waals surface area contributed by atoms with E-state index in [0.29, 0.717) is 33.2 Å². The third kappa shape index (κ3) is 4.14. The second-order valence-corrected chi connectivity index (χ2v) is 10.0. The van der Waals surface area contributed by atoms with Gasteiger partial charge in [0.05, 0.1) is 28.5 Å². The van der Waals surface area contributed by atoms with E-state index in [1.54, 1.807) is 17.2 Å². The van der Waals surface area contributed by atoms with Crippen LogP contribution in [0.5, 0.6) is 0 Å². The van der Waals surface area contributed by atoms with Crippen LogP contribution >= 0.6 is 39.5 Å². The first-order chi connectivity index (χ1) is 15.4. The Hall–Kier alpha value is -2.07. The summed E-state index contributed by atoms with van der Waals surface area (Å²) in [5.74, 6) is 1.25. The van der Waals surface area contributed by atoms with Crippen molar-refractivity contribution < 1.29 is 13.9 Å². The molecule has 2 heterocycles. The standard InChI is InChI=1S/C22H19BrClFN4O2S/c1-31-22(30)29-9-13-14(10-29)20(13)28-32-19-7-12(3-5-16(19)24)21-26-8-18(27-21)11-2-4-15(23)17(25)6-11/h2-8,13-14,20,28H,9-10H2,1H3,(H,26,27). The smallest absolute Gasteiger partial charge is 0.409 e. The Labute approximate surface area is 202 Å². The second kappa shape index (κ2) is 8.70. The lowest BCUT2D eigenvalue weighted by Gasteiger charge is -2.18. The largest absolute Gasteiger partial charge is 0.453 e. The van der Waals surface area contributed by atoms with Gasteiger partial charge in [0.25, 0.3) is 0 Å². The lowest BCUT2D eigenvalue weighted by atomic mass is 10.2. The number of hydrogen-bond donors (Lipinski definition) is 2. The third-order valence-electron chi connectivity index (χ3n) is 5.94. The quantitative estimate of drug-likeness (QED) is 0.415. The number of imidazole rings is 1. The predicted molar refractivity (Wildman–Crippen MR) is 126 cm³/mol. The maximum atomic E-state index is 13.9. The highest BCUT2D eigenvalue weighted by Gasteiger charge is 2.57. The highest BCUT2D eigenvalue weighted by atomic mass is 79.9. The molecule has 2 aromatic carbocycles. The summed E-state index contributed by atoms with van der Waals surface area (Å²) in [5.41, 5.74) is 2.33. The number of nitrogens with zero attached hydrogens (tertiary/aromatic N) is 2. The first-order valence-electron chi connectivity index (χ1n) is 10.00. The Morgan fingerprint density at radius 3 is 2.75 bits per heavy atom. The van der Waals surface area contributed by atoms with Gasteiger partial charge in [-0.05, 0) is 70.0 Å². The number of ether oxygens (including phenoxy) is 1. The van der Waals surface area contributed by atoms with Gasteiger partial charge in [0, 0.05) is 35.2 Å². The Kier molecular flexibility index (Phi) is 5.92. The Balaban J connectivity index is 1.26. The highest BCUT2D eigenvalue weighted by Crippen LogP contribution is 2.47. The van der Waals surface area contributed by atoms with Crippen molar-refractivity contribution in [2.75, 3.05) is 20.2 Å². The van der Waals surface area contributed by atoms with Crippen LogP contribution in [0.4, 0.5) is 9.18 Å². The van der Waals surface area contributed by atoms with Crippen molar-refractivity contribution >= 4 is 45.6 Å². The van der Waals surface area contributed by atoms with Gasteiger partial charge < -0.3 is 14.6 Å². The molecular formula is C22H19BrClFN4O2S. The van der Waals surface area contributed by atoms with Crippen molar-refractivity contribution in [3.05, 3.63) is 57.9 Å². The summed E-state index contributed by atoms with van der Waals surface area (Å²) in [6.07, 6.45) is 1.43. The van der Waals surface area contributed by atoms with Crippen molar-refractivity contribution in [3.63, 3.8) is 0 Å². The van der Waals surface area contributed by atoms with Gasteiger partial charge in [-0.2, -0.15) is 0 Å². The summed E-state index contributed by atoms with van der Waals surface area (Å²) in [5, 5.41) is 0.648. The molecule has 166 valence electrons. The molecule has 1 saturated carbocycles. The molecule has 0 spiro atoms. The van der Waals surface area contributed by atoms with Gasteiger partial charge in [0.2, 0.25) is 0 Å². The molecule has 0 radical (unpaired) electrons. The number of methoxy groups -OCH3 is 1. The molecule has 2 atom stereocenters. The van der Waals surface area contributed by atoms with Crippen LogP contribution in [0.25, 0.3) is 22.6 Å². The molecule has 2 fully saturated rings. The normalized spacial score (nSPS) is 21.5. The fourth-order valence-electron chi connectivity index (χ4n) is 4.12. The molecule has 1 amide bonds. The molecule has 2 N–H and O–H groups in total. The minimum absolute atomic E-state index is 0.261. The maximum Gasteiger partial charge on any atom is 0.409 e. The number of fused-ring (bicyclic) bond motifs is 1. The summed E-state index contributed by atoms with van der Waals surface area (Å²) in [6, 6.07) is 11.0. The molecule has 1 saturated heterocycles. The van der Waals surface area contributed by atoms with E-state index >= 15 is 0 Å². The van der Waals surface area contributed by atoms with E-state index in [4.69, 9.17) is 16.3 Å². The first kappa shape index (κ1) is 21.8. The van der Waals surface area contributed by atoms with Gasteiger partial charge in [-0.3, -0.25) is 4.72 Å². The van der Waals surface area contributed by atoms with Crippen LogP contribution < -0.4 is 4.72 Å². The molecule has 1 aliphatic carbocycles. The summed E-state index contributed by atoms with van der Waals surface area (Å²) in [4.78, 5) is 22.0. The molecule has 3 aromatic rings. The van der Waals surface area contributed by atoms with Crippen LogP contribution in [-0.2, 0) is 4.74 Å². The van der Waals surface area contributed by atoms with E-state index in [1.807, 2.05) is 24.3 Å². The number of H-pyrrole nitrogens is 1. The topological polar surface area (TPSA) is 70.2 Å². The van der Waals surface area contributed by atoms with E-state index in [9.17, 15) is 9.18 Å². The van der Waals surface area contributed by atoms with Gasteiger partial charge in [-0.25, -0.2) is 14.2 Å². The molecule has 5 rings (SSSR count). The second-order valence-electron chi connectivity index (χ2n) is 7.87. The number of halogens is 3. The number of likely N-dealkylation sites (tertiary alicyclic amines) is 1. The van der Waals surface area contributed by atoms with Gasteiger partial charge in [0.1, 0.15) is 11.6 Å². The zero-order chi connectivity index (χ0) is 22.4. The number of nitrogens with one attached hydrogen (secondary N) is 2. The molecular weight excluding hydrogens is 519 g/mol. The minimum Gasteiger partial charge on any atom is -0.453 e. The monoisotopic (exact) mass is 536 g/mol. The van der Waals surface area contributed by atoms with Crippen molar-refractivity contribution in [1.29, 1.82) is 0 Å². The fourth-order valence-corrected chi connectivity index (χ4v) is 5.56. The Morgan fingerprint density at radius 1 is 1.28 bits per heavy atom. The van der Waals surface area contributed by atoms with Gasteiger partial charge >= 0.3 is 6.09 Å². The van der Waals surface area contributed by atoms with Crippen LogP contribution in [0.1, 0.15) is 0 Å². The van der Waals surface area contributed by atoms with E-state index in [1.165, 1.54) is 25.1 Å². The molecule has 0 bridgehead atoms. The Morgan fingerprint density at radius 2 is 2.03 bits per heavy atom. The lowest BCUT2D eigenvalue weighted by Crippen LogP contribution is -2.34. The molecule has 6 nitrogen and oxygen atoms in total. The number of piperidine rings is 1. The Bertz CT molecular complexity index is 1180. The summed E-state index contributed by atoms with van der Waals surface area (Å²) < 4.78 is 22.6. The number of aromatic amines is 1. The van der Waals surface area contributed by atoms with Crippen molar-refractivity contribution in [1.82, 2.24) is 19.6 Å². The molecule has 2 unspecified atom stereocenters. The number of benzene rings is 2. The van der Waals surface area contributed by atoms with Crippen LogP contribution in [-0.4, -0.2) is 47.2 Å². The summed E-state index contributed by atoms with van der Waals surface area (Å²) in [7, 11) is 1.41. The summed E-state index contributed by atoms with van der Waals surface area (Å²) >= 11 is 11.1. The van der Waals surface area contributed by atoms with Crippen LogP contribution in [0, 0.1) is 17.7 Å². The van der Waals surface area contributed by atoms with Crippen molar-refractivity contribution in [3.8, 4) is 22.6 Å². The van der Waals surface area contributed by atoms with Crippen LogP contribution in [0.15, 0.2) is 52.0 Å². The molecule has 10 heteroatoms. The zero-order valence-electron chi connectivity index (χ0n) is 16.9. The fraction of sp³-hybridized carbons (Fsp3) is 0.273. The number of hydrogen-bond acceptors (Lipinski definition) is 5. The average Bonchev–Trinajstić information content (AvgIpc) is 3.17. The van der Waals surface area contributed by atoms with Crippen LogP contribution in [0.2, 0.25) is 5.02 Å². The van der Waals surface area contributed by atoms with E-state index in [-0.39, 0.29) is 11.9 Å². The number of rotatable bonds is 5. The minimum atomic E-state index is -0.325. The van der Waals surface area contributed by atoms with Crippen molar-refractivity contribution in [2.24, 2.45) is 11.8 Å². The maximum absolute atomic E-state index is 13.9. The lowest BCUT2D eigenvalue weighted by molar-refractivity contribution is 0.127. The van der Waals surface area contributed by atoms with Crippen LogP contribution in [0.3, 0.4) is 0 Å². The predicted octanol–water partition coefficient (Wildman–Crippen LogP) is 5.59. The molecule has 32 heavy (non-hydrogen) atoms. The third-order valence-corrected chi connectivity index (χ3v) is 7.98. The number of amides is 1. The molecule has 2 aliphatic rings. The van der Waals surface area contributed by atoms with E-state index < -0.39 is 0 Å². The van der Waals surface area contributed by atoms with Crippen molar-refractivity contribution in [2.45, 2.75) is 10.9 Å². The highest BCUT2D eigenvalue weighted by molar-refractivity contribution is 9.10. The number of aromatic nitrogens is 2. The first-order valence-corrected chi connectivity index (χ1v) is 12.0.